The van der Waals surface area contributed by atoms with E-state index in [1.807, 2.05) is 19.9 Å². The van der Waals surface area contributed by atoms with Gasteiger partial charge in [0, 0.05) is 12.2 Å². The molecule has 1 aromatic rings. The van der Waals surface area contributed by atoms with Crippen LogP contribution < -0.4 is 10.6 Å². The number of nitrogens with zero attached hydrogens (tertiary/aromatic N) is 1. The van der Waals surface area contributed by atoms with Crippen LogP contribution in [0.25, 0.3) is 0 Å². The van der Waals surface area contributed by atoms with E-state index in [0.29, 0.717) is 25.1 Å². The molecule has 24 heavy (non-hydrogen) atoms. The Balaban J connectivity index is 2.04. The fourth-order valence-corrected chi connectivity index (χ4v) is 2.81. The SMILES string of the molecule is CC(C)C(NC(=O)Nc1ccccc1)C(=O)N1CCC[C@H]1C(=O)O. The molecule has 7 heteroatoms. The number of carboxylic acids is 1. The molecule has 0 aromatic heterocycles. The van der Waals surface area contributed by atoms with Crippen LogP contribution >= 0.6 is 0 Å². The van der Waals surface area contributed by atoms with E-state index in [9.17, 15) is 19.5 Å². The number of rotatable bonds is 5. The van der Waals surface area contributed by atoms with Crippen molar-refractivity contribution in [2.45, 2.75) is 38.8 Å². The van der Waals surface area contributed by atoms with E-state index in [1.54, 1.807) is 24.3 Å². The number of carbonyl (C=O) groups is 3. The second-order valence-corrected chi connectivity index (χ2v) is 6.21. The molecule has 3 amide bonds. The first kappa shape index (κ1) is 17.8. The monoisotopic (exact) mass is 333 g/mol. The number of para-hydroxylation sites is 1. The van der Waals surface area contributed by atoms with Gasteiger partial charge in [-0.2, -0.15) is 0 Å². The van der Waals surface area contributed by atoms with Crippen LogP contribution in [0.2, 0.25) is 0 Å². The van der Waals surface area contributed by atoms with Crippen LogP contribution in [0.5, 0.6) is 0 Å². The molecule has 0 aliphatic carbocycles. The average molecular weight is 333 g/mol. The smallest absolute Gasteiger partial charge is 0.326 e. The Kier molecular flexibility index (Phi) is 5.78. The molecular weight excluding hydrogens is 310 g/mol. The lowest BCUT2D eigenvalue weighted by Gasteiger charge is -2.29. The summed E-state index contributed by atoms with van der Waals surface area (Å²) in [5.74, 6) is -1.51. The van der Waals surface area contributed by atoms with Crippen LogP contribution in [-0.2, 0) is 9.59 Å². The summed E-state index contributed by atoms with van der Waals surface area (Å²) < 4.78 is 0. The third kappa shape index (κ3) is 4.24. The number of benzene rings is 1. The van der Waals surface area contributed by atoms with E-state index < -0.39 is 24.1 Å². The third-order valence-electron chi connectivity index (χ3n) is 4.07. The molecule has 0 bridgehead atoms. The number of amides is 3. The van der Waals surface area contributed by atoms with Crippen molar-refractivity contribution in [1.82, 2.24) is 10.2 Å². The highest BCUT2D eigenvalue weighted by atomic mass is 16.4. The van der Waals surface area contributed by atoms with Gasteiger partial charge >= 0.3 is 12.0 Å². The van der Waals surface area contributed by atoms with Crippen LogP contribution in [0.3, 0.4) is 0 Å². The van der Waals surface area contributed by atoms with Crippen LogP contribution in [0.15, 0.2) is 30.3 Å². The standard InChI is InChI=1S/C17H23N3O4/c1-11(2)14(15(21)20-10-6-9-13(20)16(22)23)19-17(24)18-12-7-4-3-5-8-12/h3-5,7-8,11,13-14H,6,9-10H2,1-2H3,(H,22,23)(H2,18,19,24)/t13-,14?/m0/s1. The molecule has 2 atom stereocenters. The van der Waals surface area contributed by atoms with E-state index in [0.717, 1.165) is 0 Å². The number of anilines is 1. The number of urea groups is 1. The maximum Gasteiger partial charge on any atom is 0.326 e. The number of likely N-dealkylation sites (tertiary alicyclic amines) is 1. The van der Waals surface area contributed by atoms with Gasteiger partial charge in [-0.15, -0.1) is 0 Å². The first-order valence-electron chi connectivity index (χ1n) is 8.06. The van der Waals surface area contributed by atoms with Gasteiger partial charge in [-0.3, -0.25) is 4.79 Å². The molecule has 2 rings (SSSR count). The largest absolute Gasteiger partial charge is 0.480 e. The van der Waals surface area contributed by atoms with Gasteiger partial charge in [-0.25, -0.2) is 9.59 Å². The van der Waals surface area contributed by atoms with Crippen molar-refractivity contribution in [3.63, 3.8) is 0 Å². The van der Waals surface area contributed by atoms with Gasteiger partial charge in [-0.1, -0.05) is 32.0 Å². The predicted molar refractivity (Wildman–Crippen MR) is 89.6 cm³/mol. The van der Waals surface area contributed by atoms with Crippen LogP contribution in [-0.4, -0.2) is 46.5 Å². The normalized spacial score (nSPS) is 18.3. The lowest BCUT2D eigenvalue weighted by Crippen LogP contribution is -2.54. The van der Waals surface area contributed by atoms with Crippen molar-refractivity contribution in [3.05, 3.63) is 30.3 Å². The number of hydrogen-bond acceptors (Lipinski definition) is 3. The van der Waals surface area contributed by atoms with Gasteiger partial charge in [0.1, 0.15) is 12.1 Å². The molecule has 7 nitrogen and oxygen atoms in total. The fraction of sp³-hybridized carbons (Fsp3) is 0.471. The van der Waals surface area contributed by atoms with Crippen molar-refractivity contribution in [2.75, 3.05) is 11.9 Å². The summed E-state index contributed by atoms with van der Waals surface area (Å²) in [5, 5.41) is 14.6. The van der Waals surface area contributed by atoms with Crippen molar-refractivity contribution < 1.29 is 19.5 Å². The minimum atomic E-state index is -1.00. The Morgan fingerprint density at radius 3 is 2.46 bits per heavy atom. The molecule has 0 saturated carbocycles. The maximum atomic E-state index is 12.7. The zero-order valence-electron chi connectivity index (χ0n) is 13.9. The van der Waals surface area contributed by atoms with Crippen LogP contribution in [0.4, 0.5) is 10.5 Å². The van der Waals surface area contributed by atoms with E-state index in [1.165, 1.54) is 4.90 Å². The second-order valence-electron chi connectivity index (χ2n) is 6.21. The Morgan fingerprint density at radius 1 is 1.21 bits per heavy atom. The Morgan fingerprint density at radius 2 is 1.88 bits per heavy atom. The molecular formula is C17H23N3O4. The second kappa shape index (κ2) is 7.81. The zero-order chi connectivity index (χ0) is 17.7. The number of aliphatic carboxylic acids is 1. The van der Waals surface area contributed by atoms with E-state index in [4.69, 9.17) is 0 Å². The molecule has 1 unspecified atom stereocenters. The summed E-state index contributed by atoms with van der Waals surface area (Å²) >= 11 is 0. The van der Waals surface area contributed by atoms with E-state index in [-0.39, 0.29) is 11.8 Å². The van der Waals surface area contributed by atoms with Crippen molar-refractivity contribution in [1.29, 1.82) is 0 Å². The maximum absolute atomic E-state index is 12.7. The quantitative estimate of drug-likeness (QED) is 0.766. The Labute approximate surface area is 141 Å². The number of carboxylic acid groups (broad SMARTS) is 1. The van der Waals surface area contributed by atoms with Crippen molar-refractivity contribution >= 4 is 23.6 Å². The van der Waals surface area contributed by atoms with Crippen molar-refractivity contribution in [2.24, 2.45) is 5.92 Å². The fourth-order valence-electron chi connectivity index (χ4n) is 2.81. The summed E-state index contributed by atoms with van der Waals surface area (Å²) in [6, 6.07) is 6.85. The average Bonchev–Trinajstić information content (AvgIpc) is 3.02. The topological polar surface area (TPSA) is 98.7 Å². The molecule has 1 aliphatic rings. The molecule has 0 radical (unpaired) electrons. The third-order valence-corrected chi connectivity index (χ3v) is 4.07. The highest BCUT2D eigenvalue weighted by Gasteiger charge is 2.38. The summed E-state index contributed by atoms with van der Waals surface area (Å²) in [6.07, 6.45) is 1.10. The zero-order valence-corrected chi connectivity index (χ0v) is 13.9. The predicted octanol–water partition coefficient (Wildman–Crippen LogP) is 1.91. The Bertz CT molecular complexity index is 603. The minimum Gasteiger partial charge on any atom is -0.480 e. The summed E-state index contributed by atoms with van der Waals surface area (Å²) in [4.78, 5) is 37.5. The molecule has 1 saturated heterocycles. The highest BCUT2D eigenvalue weighted by Crippen LogP contribution is 2.20. The number of hydrogen-bond donors (Lipinski definition) is 3. The van der Waals surface area contributed by atoms with Gasteiger partial charge < -0.3 is 20.6 Å². The van der Waals surface area contributed by atoms with Gasteiger partial charge in [-0.05, 0) is 30.9 Å². The van der Waals surface area contributed by atoms with Crippen molar-refractivity contribution in [3.8, 4) is 0 Å². The van der Waals surface area contributed by atoms with Crippen LogP contribution in [0.1, 0.15) is 26.7 Å². The van der Waals surface area contributed by atoms with Gasteiger partial charge in [0.2, 0.25) is 5.91 Å². The molecule has 1 aromatic carbocycles. The Hall–Kier alpha value is -2.57. The number of nitrogens with one attached hydrogen (secondary N) is 2. The summed E-state index contributed by atoms with van der Waals surface area (Å²) in [5.41, 5.74) is 0.620. The minimum absolute atomic E-state index is 0.158. The molecule has 1 fully saturated rings. The summed E-state index contributed by atoms with van der Waals surface area (Å²) in [7, 11) is 0. The lowest BCUT2D eigenvalue weighted by molar-refractivity contribution is -0.149. The van der Waals surface area contributed by atoms with Crippen LogP contribution in [0, 0.1) is 5.92 Å². The first-order valence-corrected chi connectivity index (χ1v) is 8.06. The molecule has 0 spiro atoms. The molecule has 1 heterocycles. The highest BCUT2D eigenvalue weighted by molar-refractivity contribution is 5.95. The molecule has 1 aliphatic heterocycles. The summed E-state index contributed by atoms with van der Waals surface area (Å²) in [6.45, 7) is 4.04. The first-order chi connectivity index (χ1) is 11.4. The van der Waals surface area contributed by atoms with E-state index in [2.05, 4.69) is 10.6 Å². The van der Waals surface area contributed by atoms with Gasteiger partial charge in [0.25, 0.3) is 0 Å². The van der Waals surface area contributed by atoms with E-state index >= 15 is 0 Å². The van der Waals surface area contributed by atoms with Gasteiger partial charge in [0.15, 0.2) is 0 Å². The lowest BCUT2D eigenvalue weighted by atomic mass is 10.0. The molecule has 130 valence electrons. The number of carbonyl (C=O) groups excluding carboxylic acids is 2. The van der Waals surface area contributed by atoms with Gasteiger partial charge in [0.05, 0.1) is 0 Å². The molecule has 3 N–H and O–H groups in total.